The third kappa shape index (κ3) is 8.74. The van der Waals surface area contributed by atoms with Gasteiger partial charge in [0, 0.05) is 18.7 Å². The SMILES string of the molecule is COC(=O)N[C@H](C(=O)N1CCC[C@H]1C1=NCC(c2ccc(-c3ccc(-c4cnc([C@@H]5CCCN5C(=O)[C@@H](NC(=O)OC)C(C)C)[nH]4)cc3)c(C(N)=O)c2)N1)C(C)C. The van der Waals surface area contributed by atoms with Crippen LogP contribution in [0.5, 0.6) is 0 Å². The Bertz CT molecular complexity index is 2010. The molecular weight excluding hydrogens is 731 g/mol. The summed E-state index contributed by atoms with van der Waals surface area (Å²) < 4.78 is 9.50. The van der Waals surface area contributed by atoms with Gasteiger partial charge in [-0.2, -0.15) is 0 Å². The van der Waals surface area contributed by atoms with Gasteiger partial charge in [-0.25, -0.2) is 14.6 Å². The van der Waals surface area contributed by atoms with Gasteiger partial charge in [0.1, 0.15) is 23.7 Å². The molecule has 3 aromatic rings. The van der Waals surface area contributed by atoms with Gasteiger partial charge in [-0.05, 0) is 65.8 Å². The topological polar surface area (TPSA) is 213 Å². The molecule has 1 aromatic heterocycles. The Morgan fingerprint density at radius 2 is 1.37 bits per heavy atom. The van der Waals surface area contributed by atoms with Crippen molar-refractivity contribution in [2.24, 2.45) is 22.6 Å². The molecule has 3 aliphatic heterocycles. The molecule has 304 valence electrons. The number of benzene rings is 2. The van der Waals surface area contributed by atoms with E-state index in [4.69, 9.17) is 20.2 Å². The van der Waals surface area contributed by atoms with Gasteiger partial charge in [-0.1, -0.05) is 64.1 Å². The van der Waals surface area contributed by atoms with E-state index in [9.17, 15) is 24.0 Å². The van der Waals surface area contributed by atoms with Gasteiger partial charge in [-0.15, -0.1) is 0 Å². The predicted octanol–water partition coefficient (Wildman–Crippen LogP) is 4.30. The number of carbonyl (C=O) groups is 5. The second kappa shape index (κ2) is 17.5. The molecule has 5 amide bonds. The first-order chi connectivity index (χ1) is 27.3. The summed E-state index contributed by atoms with van der Waals surface area (Å²) in [6, 6.07) is 11.2. The molecule has 2 fully saturated rings. The number of primary amides is 1. The molecule has 16 nitrogen and oxygen atoms in total. The second-order valence-corrected chi connectivity index (χ2v) is 15.4. The zero-order chi connectivity index (χ0) is 41.0. The number of aromatic nitrogens is 2. The second-order valence-electron chi connectivity index (χ2n) is 15.4. The van der Waals surface area contributed by atoms with Gasteiger partial charge < -0.3 is 45.9 Å². The smallest absolute Gasteiger partial charge is 0.407 e. The van der Waals surface area contributed by atoms with Crippen molar-refractivity contribution in [3.8, 4) is 22.4 Å². The number of amidine groups is 1. The molecule has 57 heavy (non-hydrogen) atoms. The first kappa shape index (κ1) is 40.7. The molecule has 0 radical (unpaired) electrons. The lowest BCUT2D eigenvalue weighted by atomic mass is 9.94. The molecule has 3 aliphatic rings. The lowest BCUT2D eigenvalue weighted by molar-refractivity contribution is -0.135. The molecule has 5 atom stereocenters. The van der Waals surface area contributed by atoms with E-state index in [1.807, 2.05) is 64.1 Å². The van der Waals surface area contributed by atoms with E-state index in [0.717, 1.165) is 48.1 Å². The highest BCUT2D eigenvalue weighted by molar-refractivity contribution is 6.00. The van der Waals surface area contributed by atoms with E-state index >= 15 is 0 Å². The highest BCUT2D eigenvalue weighted by Crippen LogP contribution is 2.34. The van der Waals surface area contributed by atoms with Crippen molar-refractivity contribution in [2.75, 3.05) is 33.9 Å². The van der Waals surface area contributed by atoms with Crippen LogP contribution >= 0.6 is 0 Å². The van der Waals surface area contributed by atoms with Crippen LogP contribution in [0.1, 0.15) is 87.2 Å². The summed E-state index contributed by atoms with van der Waals surface area (Å²) in [6.07, 6.45) is 3.54. The molecule has 2 saturated heterocycles. The zero-order valence-corrected chi connectivity index (χ0v) is 33.3. The third-order valence-corrected chi connectivity index (χ3v) is 11.1. The van der Waals surface area contributed by atoms with Crippen molar-refractivity contribution >= 4 is 35.7 Å². The first-order valence-corrected chi connectivity index (χ1v) is 19.5. The number of aliphatic imine (C=N–C) groups is 1. The minimum absolute atomic E-state index is 0.134. The van der Waals surface area contributed by atoms with Gasteiger partial charge in [0.15, 0.2) is 0 Å². The van der Waals surface area contributed by atoms with E-state index in [1.165, 1.54) is 14.2 Å². The lowest BCUT2D eigenvalue weighted by Gasteiger charge is -2.31. The van der Waals surface area contributed by atoms with E-state index in [-0.39, 0.29) is 41.8 Å². The number of imidazole rings is 1. The number of likely N-dealkylation sites (tertiary alicyclic amines) is 2. The number of amides is 5. The Morgan fingerprint density at radius 1 is 0.807 bits per heavy atom. The van der Waals surface area contributed by atoms with Gasteiger partial charge in [0.2, 0.25) is 17.7 Å². The highest BCUT2D eigenvalue weighted by Gasteiger charge is 2.40. The summed E-state index contributed by atoms with van der Waals surface area (Å²) in [6.45, 7) is 9.05. The number of H-pyrrole nitrogens is 1. The number of nitrogens with zero attached hydrogens (tertiary/aromatic N) is 4. The normalized spacial score (nSPS) is 20.2. The highest BCUT2D eigenvalue weighted by atomic mass is 16.5. The summed E-state index contributed by atoms with van der Waals surface area (Å²) in [4.78, 5) is 80.3. The molecule has 0 aliphatic carbocycles. The Morgan fingerprint density at radius 3 is 1.93 bits per heavy atom. The number of rotatable bonds is 12. The number of carbonyl (C=O) groups excluding carboxylic acids is 5. The van der Waals surface area contributed by atoms with Crippen molar-refractivity contribution < 1.29 is 33.4 Å². The van der Waals surface area contributed by atoms with Crippen LogP contribution in [-0.2, 0) is 19.1 Å². The molecule has 6 N–H and O–H groups in total. The minimum Gasteiger partial charge on any atom is -0.453 e. The van der Waals surface area contributed by atoms with Gasteiger partial charge in [0.25, 0.3) is 0 Å². The maximum Gasteiger partial charge on any atom is 0.407 e. The standard InChI is InChI=1S/C41H53N9O7/c1-22(2)33(47-40(54)56-5)38(52)49-17-7-9-31(49)36-43-20-29(45-36)25-13-11-24(12-14-25)27-16-15-26(19-28(27)35(42)51)30-21-44-37(46-30)32-10-8-18-50(32)39(53)34(23(3)4)48-41(55)57-6/h11-16,19-20,22-23,30-34H,7-10,17-18,21H2,1-6H3,(H2,42,51)(H,43,45)(H,44,46)(H,47,54)(H,48,55)/t30?,31-,32-,33-,34-/m0/s1. The number of methoxy groups -OCH3 is 2. The van der Waals surface area contributed by atoms with Crippen molar-refractivity contribution in [3.05, 3.63) is 65.6 Å². The van der Waals surface area contributed by atoms with Crippen LogP contribution in [0.2, 0.25) is 0 Å². The van der Waals surface area contributed by atoms with Crippen LogP contribution in [0.4, 0.5) is 9.59 Å². The molecule has 2 aromatic carbocycles. The molecule has 4 heterocycles. The Hall–Kier alpha value is -5.93. The summed E-state index contributed by atoms with van der Waals surface area (Å²) in [7, 11) is 2.54. The molecule has 0 bridgehead atoms. The summed E-state index contributed by atoms with van der Waals surface area (Å²) in [5.41, 5.74) is 10.3. The Balaban J connectivity index is 1.14. The van der Waals surface area contributed by atoms with Crippen LogP contribution < -0.4 is 21.7 Å². The quantitative estimate of drug-likeness (QED) is 0.177. The molecule has 6 rings (SSSR count). The van der Waals surface area contributed by atoms with E-state index < -0.39 is 30.2 Å². The number of nitrogens with one attached hydrogen (secondary N) is 4. The molecule has 0 saturated carbocycles. The van der Waals surface area contributed by atoms with Crippen molar-refractivity contribution in [1.82, 2.24) is 35.7 Å². The summed E-state index contributed by atoms with van der Waals surface area (Å²) >= 11 is 0. The van der Waals surface area contributed by atoms with Crippen LogP contribution in [0.3, 0.4) is 0 Å². The van der Waals surface area contributed by atoms with Crippen molar-refractivity contribution in [3.63, 3.8) is 0 Å². The fourth-order valence-electron chi connectivity index (χ4n) is 7.95. The van der Waals surface area contributed by atoms with E-state index in [1.54, 1.807) is 22.1 Å². The van der Waals surface area contributed by atoms with Crippen LogP contribution in [0, 0.1) is 11.8 Å². The number of nitrogens with two attached hydrogens (primary N) is 1. The van der Waals surface area contributed by atoms with Crippen LogP contribution in [0.15, 0.2) is 53.7 Å². The predicted molar refractivity (Wildman–Crippen MR) is 213 cm³/mol. The largest absolute Gasteiger partial charge is 0.453 e. The average Bonchev–Trinajstić information content (AvgIpc) is 4.05. The van der Waals surface area contributed by atoms with Gasteiger partial charge in [0.05, 0.1) is 50.8 Å². The molecule has 1 unspecified atom stereocenters. The lowest BCUT2D eigenvalue weighted by Crippen LogP contribution is -2.54. The maximum atomic E-state index is 13.6. The summed E-state index contributed by atoms with van der Waals surface area (Å²) in [5.74, 6) is 0.189. The number of aromatic amines is 1. The number of hydrogen-bond acceptors (Lipinski definition) is 10. The van der Waals surface area contributed by atoms with Crippen molar-refractivity contribution in [1.29, 1.82) is 0 Å². The fraction of sp³-hybridized carbons (Fsp3) is 0.488. The summed E-state index contributed by atoms with van der Waals surface area (Å²) in [5, 5.41) is 8.85. The third-order valence-electron chi connectivity index (χ3n) is 11.1. The zero-order valence-electron chi connectivity index (χ0n) is 33.3. The number of ether oxygens (including phenoxy) is 2. The molecular formula is C41H53N9O7. The number of alkyl carbamates (subject to hydrolysis) is 2. The Kier molecular flexibility index (Phi) is 12.5. The van der Waals surface area contributed by atoms with Gasteiger partial charge >= 0.3 is 12.2 Å². The van der Waals surface area contributed by atoms with Crippen molar-refractivity contribution in [2.45, 2.75) is 83.6 Å². The van der Waals surface area contributed by atoms with E-state index in [2.05, 4.69) is 25.9 Å². The average molecular weight is 784 g/mol. The Labute approximate surface area is 332 Å². The molecule has 16 heteroatoms. The van der Waals surface area contributed by atoms with Crippen LogP contribution in [0.25, 0.3) is 22.4 Å². The van der Waals surface area contributed by atoms with E-state index in [0.29, 0.717) is 42.4 Å². The van der Waals surface area contributed by atoms with Crippen LogP contribution in [-0.4, -0.2) is 107 Å². The fourth-order valence-corrected chi connectivity index (χ4v) is 7.95. The minimum atomic E-state index is -0.727. The molecule has 0 spiro atoms. The maximum absolute atomic E-state index is 13.6. The first-order valence-electron chi connectivity index (χ1n) is 19.5. The number of hydrogen-bond donors (Lipinski definition) is 5. The van der Waals surface area contributed by atoms with Gasteiger partial charge in [-0.3, -0.25) is 19.4 Å². The monoisotopic (exact) mass is 783 g/mol.